The molecule has 0 atom stereocenters. The summed E-state index contributed by atoms with van der Waals surface area (Å²) in [6, 6.07) is 4.18. The Bertz CT molecular complexity index is 477. The van der Waals surface area contributed by atoms with E-state index in [-0.39, 0.29) is 0 Å². The Morgan fingerprint density at radius 1 is 1.19 bits per heavy atom. The molecule has 0 spiro atoms. The van der Waals surface area contributed by atoms with Crippen LogP contribution < -0.4 is 0 Å². The van der Waals surface area contributed by atoms with E-state index >= 15 is 0 Å². The molecule has 1 aliphatic heterocycles. The first-order valence-electron chi connectivity index (χ1n) is 4.16. The monoisotopic (exact) mass is 227 g/mol. The summed E-state index contributed by atoms with van der Waals surface area (Å²) < 4.78 is 36.8. The number of hydrogen-bond acceptors (Lipinski definition) is 3. The zero-order valence-electron chi connectivity index (χ0n) is 7.68. The van der Waals surface area contributed by atoms with E-state index in [4.69, 9.17) is 5.53 Å². The van der Waals surface area contributed by atoms with Gasteiger partial charge in [-0.05, 0) is 22.8 Å². The predicted octanol–water partition coefficient (Wildman–Crippen LogP) is 3.59. The smallest absolute Gasteiger partial charge is 0.166 e. The van der Waals surface area contributed by atoms with Crippen molar-refractivity contribution >= 4 is 0 Å². The summed E-state index contributed by atoms with van der Waals surface area (Å²) in [4.78, 5) is 2.53. The van der Waals surface area contributed by atoms with Crippen LogP contribution in [0.5, 0.6) is 0 Å². The zero-order valence-corrected chi connectivity index (χ0v) is 7.68. The molecular formula is C8H4F3N5. The minimum Gasteiger partial charge on any atom is -0.166 e. The van der Waals surface area contributed by atoms with E-state index in [2.05, 4.69) is 20.3 Å². The second-order valence-corrected chi connectivity index (χ2v) is 3.10. The van der Waals surface area contributed by atoms with Crippen molar-refractivity contribution < 1.29 is 13.2 Å². The molecule has 5 nitrogen and oxygen atoms in total. The fourth-order valence-electron chi connectivity index (χ4n) is 1.21. The SMILES string of the molecule is [N-]=[N+]=NC1(c2ccc(C(F)(F)F)cc2)N=N1. The standard InChI is InChI=1S/C8H4F3N5/c9-7(10,11)5-1-3-6(4-2-5)8(13-14-8)15-16-12/h1-4H. The van der Waals surface area contributed by atoms with Crippen molar-refractivity contribution in [3.8, 4) is 0 Å². The van der Waals surface area contributed by atoms with Gasteiger partial charge in [-0.3, -0.25) is 0 Å². The molecule has 2 rings (SSSR count). The molecule has 0 fully saturated rings. The quantitative estimate of drug-likeness (QED) is 0.420. The number of alkyl halides is 3. The highest BCUT2D eigenvalue weighted by Gasteiger charge is 2.42. The molecule has 1 heterocycles. The number of halogens is 3. The summed E-state index contributed by atoms with van der Waals surface area (Å²) in [5, 5.41) is 10.3. The van der Waals surface area contributed by atoms with Gasteiger partial charge >= 0.3 is 6.18 Å². The molecule has 1 aromatic rings. The Kier molecular flexibility index (Phi) is 2.09. The second kappa shape index (κ2) is 3.21. The van der Waals surface area contributed by atoms with E-state index < -0.39 is 17.5 Å². The molecule has 0 unspecified atom stereocenters. The van der Waals surface area contributed by atoms with E-state index in [1.165, 1.54) is 12.1 Å². The molecule has 0 aromatic heterocycles. The Morgan fingerprint density at radius 3 is 2.12 bits per heavy atom. The summed E-state index contributed by atoms with van der Waals surface area (Å²) >= 11 is 0. The third kappa shape index (κ3) is 1.70. The zero-order chi connectivity index (χ0) is 11.8. The van der Waals surface area contributed by atoms with E-state index in [1.54, 1.807) is 0 Å². The molecule has 0 saturated heterocycles. The number of nitrogens with zero attached hydrogens (tertiary/aromatic N) is 5. The van der Waals surface area contributed by atoms with Crippen molar-refractivity contribution in [2.45, 2.75) is 12.0 Å². The maximum atomic E-state index is 12.3. The van der Waals surface area contributed by atoms with Crippen molar-refractivity contribution in [2.75, 3.05) is 0 Å². The van der Waals surface area contributed by atoms with Crippen LogP contribution in [0.1, 0.15) is 11.1 Å². The van der Waals surface area contributed by atoms with Crippen LogP contribution in [0.2, 0.25) is 0 Å². The maximum Gasteiger partial charge on any atom is 0.416 e. The second-order valence-electron chi connectivity index (χ2n) is 3.10. The molecular weight excluding hydrogens is 223 g/mol. The molecule has 0 aliphatic carbocycles. The van der Waals surface area contributed by atoms with E-state index in [0.717, 1.165) is 12.1 Å². The molecule has 1 aliphatic rings. The third-order valence-electron chi connectivity index (χ3n) is 2.07. The van der Waals surface area contributed by atoms with Crippen molar-refractivity contribution in [1.82, 2.24) is 0 Å². The predicted molar refractivity (Wildman–Crippen MR) is 47.1 cm³/mol. The average Bonchev–Trinajstić information content (AvgIpc) is 2.99. The van der Waals surface area contributed by atoms with Gasteiger partial charge in [0.2, 0.25) is 0 Å². The van der Waals surface area contributed by atoms with Gasteiger partial charge in [0.25, 0.3) is 5.79 Å². The molecule has 1 aromatic carbocycles. The van der Waals surface area contributed by atoms with Gasteiger partial charge in [0.15, 0.2) is 0 Å². The van der Waals surface area contributed by atoms with Crippen LogP contribution in [0.3, 0.4) is 0 Å². The van der Waals surface area contributed by atoms with Gasteiger partial charge in [0.05, 0.1) is 5.56 Å². The number of rotatable bonds is 2. The van der Waals surface area contributed by atoms with Gasteiger partial charge in [0, 0.05) is 10.5 Å². The normalized spacial score (nSPS) is 16.7. The number of benzene rings is 1. The Labute approximate surface area is 87.2 Å². The Morgan fingerprint density at radius 2 is 1.75 bits per heavy atom. The van der Waals surface area contributed by atoms with Crippen LogP contribution in [0.4, 0.5) is 13.2 Å². The molecule has 0 amide bonds. The topological polar surface area (TPSA) is 73.5 Å². The summed E-state index contributed by atoms with van der Waals surface area (Å²) in [5.74, 6) is -1.35. The lowest BCUT2D eigenvalue weighted by Crippen LogP contribution is -2.07. The van der Waals surface area contributed by atoms with Crippen molar-refractivity contribution in [3.63, 3.8) is 0 Å². The average molecular weight is 227 g/mol. The van der Waals surface area contributed by atoms with Crippen LogP contribution in [0, 0.1) is 0 Å². The number of hydrogen-bond donors (Lipinski definition) is 0. The van der Waals surface area contributed by atoms with E-state index in [1.807, 2.05) is 0 Å². The van der Waals surface area contributed by atoms with E-state index in [0.29, 0.717) is 5.56 Å². The lowest BCUT2D eigenvalue weighted by atomic mass is 10.1. The largest absolute Gasteiger partial charge is 0.416 e. The van der Waals surface area contributed by atoms with Crippen LogP contribution in [-0.2, 0) is 12.0 Å². The Balaban J connectivity index is 2.30. The highest BCUT2D eigenvalue weighted by molar-refractivity contribution is 5.31. The van der Waals surface area contributed by atoms with Gasteiger partial charge in [-0.25, -0.2) is 0 Å². The summed E-state index contributed by atoms with van der Waals surface area (Å²) in [7, 11) is 0. The van der Waals surface area contributed by atoms with Gasteiger partial charge in [0.1, 0.15) is 0 Å². The van der Waals surface area contributed by atoms with Gasteiger partial charge < -0.3 is 0 Å². The van der Waals surface area contributed by atoms with Crippen LogP contribution in [0.25, 0.3) is 10.4 Å². The minimum atomic E-state index is -4.39. The van der Waals surface area contributed by atoms with Gasteiger partial charge in [-0.1, -0.05) is 12.1 Å². The summed E-state index contributed by atoms with van der Waals surface area (Å²) in [6.07, 6.45) is -4.39. The van der Waals surface area contributed by atoms with Gasteiger partial charge in [-0.15, -0.1) is 10.2 Å². The van der Waals surface area contributed by atoms with Crippen molar-refractivity contribution in [3.05, 3.63) is 45.8 Å². The molecule has 8 heteroatoms. The summed E-state index contributed by atoms with van der Waals surface area (Å²) in [5.41, 5.74) is 7.79. The van der Waals surface area contributed by atoms with E-state index in [9.17, 15) is 13.2 Å². The van der Waals surface area contributed by atoms with Crippen molar-refractivity contribution in [2.24, 2.45) is 15.3 Å². The van der Waals surface area contributed by atoms with Crippen LogP contribution in [-0.4, -0.2) is 0 Å². The fourth-order valence-corrected chi connectivity index (χ4v) is 1.21. The third-order valence-corrected chi connectivity index (χ3v) is 2.07. The van der Waals surface area contributed by atoms with Gasteiger partial charge in [-0.2, -0.15) is 13.2 Å². The highest BCUT2D eigenvalue weighted by atomic mass is 19.4. The minimum absolute atomic E-state index is 0.318. The molecule has 16 heavy (non-hydrogen) atoms. The fraction of sp³-hybridized carbons (Fsp3) is 0.250. The van der Waals surface area contributed by atoms with Crippen LogP contribution in [0.15, 0.2) is 39.6 Å². The first-order valence-corrected chi connectivity index (χ1v) is 4.16. The molecule has 82 valence electrons. The molecule has 0 N–H and O–H groups in total. The first kappa shape index (κ1) is 10.4. The maximum absolute atomic E-state index is 12.3. The Hall–Kier alpha value is -2.08. The lowest BCUT2D eigenvalue weighted by Gasteiger charge is -2.08. The molecule has 0 saturated carbocycles. The lowest BCUT2D eigenvalue weighted by molar-refractivity contribution is -0.137. The first-order chi connectivity index (χ1) is 7.48. The molecule has 0 bridgehead atoms. The van der Waals surface area contributed by atoms with Crippen molar-refractivity contribution in [1.29, 1.82) is 0 Å². The molecule has 0 radical (unpaired) electrons. The summed E-state index contributed by atoms with van der Waals surface area (Å²) in [6.45, 7) is 0. The number of azide groups is 1. The van der Waals surface area contributed by atoms with Crippen LogP contribution >= 0.6 is 0 Å². The highest BCUT2D eigenvalue weighted by Crippen LogP contribution is 2.41.